The summed E-state index contributed by atoms with van der Waals surface area (Å²) in [7, 11) is 1.71. The van der Waals surface area contributed by atoms with Crippen molar-refractivity contribution in [1.82, 2.24) is 15.1 Å². The number of aryl methyl sites for hydroxylation is 1. The quantitative estimate of drug-likeness (QED) is 0.882. The van der Waals surface area contributed by atoms with Gasteiger partial charge >= 0.3 is 5.97 Å². The van der Waals surface area contributed by atoms with Crippen molar-refractivity contribution < 1.29 is 9.90 Å². The molecule has 2 heterocycles. The standard InChI is InChI=1S/C11H12ClN3O2S/c1-15-8(2-4-14-15)10(11(16)17)13-6-9-7(12)3-5-18-9/h2-5,10,13H,6H2,1H3,(H,16,17). The van der Waals surface area contributed by atoms with Gasteiger partial charge in [0, 0.05) is 24.7 Å². The molecule has 0 aliphatic heterocycles. The van der Waals surface area contributed by atoms with Gasteiger partial charge in [0.25, 0.3) is 0 Å². The Labute approximate surface area is 113 Å². The maximum absolute atomic E-state index is 11.3. The first-order chi connectivity index (χ1) is 8.59. The fourth-order valence-corrected chi connectivity index (χ4v) is 2.69. The Morgan fingerprint density at radius 2 is 2.44 bits per heavy atom. The van der Waals surface area contributed by atoms with E-state index in [1.807, 2.05) is 5.38 Å². The van der Waals surface area contributed by atoms with Crippen molar-refractivity contribution in [3.05, 3.63) is 39.3 Å². The van der Waals surface area contributed by atoms with Crippen LogP contribution in [0.5, 0.6) is 0 Å². The van der Waals surface area contributed by atoms with Gasteiger partial charge in [0.2, 0.25) is 0 Å². The zero-order chi connectivity index (χ0) is 13.1. The summed E-state index contributed by atoms with van der Waals surface area (Å²) in [5, 5.41) is 18.7. The van der Waals surface area contributed by atoms with E-state index in [1.165, 1.54) is 11.3 Å². The van der Waals surface area contributed by atoms with Crippen LogP contribution in [0.4, 0.5) is 0 Å². The van der Waals surface area contributed by atoms with Crippen LogP contribution in [0, 0.1) is 0 Å². The van der Waals surface area contributed by atoms with Crippen LogP contribution >= 0.6 is 22.9 Å². The molecule has 0 saturated heterocycles. The minimum atomic E-state index is -0.939. The van der Waals surface area contributed by atoms with Crippen LogP contribution in [-0.4, -0.2) is 20.9 Å². The molecule has 0 aliphatic carbocycles. The minimum Gasteiger partial charge on any atom is -0.480 e. The van der Waals surface area contributed by atoms with Gasteiger partial charge < -0.3 is 5.11 Å². The van der Waals surface area contributed by atoms with E-state index < -0.39 is 12.0 Å². The molecule has 1 unspecified atom stereocenters. The molecule has 0 radical (unpaired) electrons. The molecule has 2 aromatic rings. The summed E-state index contributed by atoms with van der Waals surface area (Å²) in [4.78, 5) is 12.2. The van der Waals surface area contributed by atoms with Crippen LogP contribution in [0.1, 0.15) is 16.6 Å². The molecule has 0 amide bonds. The summed E-state index contributed by atoms with van der Waals surface area (Å²) in [5.41, 5.74) is 0.607. The van der Waals surface area contributed by atoms with Crippen LogP contribution < -0.4 is 5.32 Å². The van der Waals surface area contributed by atoms with Crippen molar-refractivity contribution in [1.29, 1.82) is 0 Å². The second kappa shape index (κ2) is 5.51. The van der Waals surface area contributed by atoms with E-state index in [2.05, 4.69) is 10.4 Å². The first-order valence-corrected chi connectivity index (χ1v) is 6.51. The molecular formula is C11H12ClN3O2S. The second-order valence-corrected chi connectivity index (χ2v) is 5.13. The molecule has 5 nitrogen and oxygen atoms in total. The van der Waals surface area contributed by atoms with Crippen molar-refractivity contribution >= 4 is 28.9 Å². The molecular weight excluding hydrogens is 274 g/mol. The van der Waals surface area contributed by atoms with E-state index in [-0.39, 0.29) is 0 Å². The van der Waals surface area contributed by atoms with E-state index >= 15 is 0 Å². The van der Waals surface area contributed by atoms with Gasteiger partial charge in [-0.3, -0.25) is 14.8 Å². The number of hydrogen-bond acceptors (Lipinski definition) is 4. The van der Waals surface area contributed by atoms with Crippen LogP contribution in [0.15, 0.2) is 23.7 Å². The summed E-state index contributed by atoms with van der Waals surface area (Å²) in [6, 6.07) is 2.68. The summed E-state index contributed by atoms with van der Waals surface area (Å²) >= 11 is 7.46. The molecule has 18 heavy (non-hydrogen) atoms. The van der Waals surface area contributed by atoms with E-state index in [4.69, 9.17) is 11.6 Å². The van der Waals surface area contributed by atoms with Gasteiger partial charge in [-0.1, -0.05) is 11.6 Å². The highest BCUT2D eigenvalue weighted by molar-refractivity contribution is 7.10. The molecule has 0 spiro atoms. The Hall–Kier alpha value is -1.37. The average molecular weight is 286 g/mol. The van der Waals surface area contributed by atoms with E-state index in [0.717, 1.165) is 4.88 Å². The fraction of sp³-hybridized carbons (Fsp3) is 0.273. The number of halogens is 1. The molecule has 0 aromatic carbocycles. The lowest BCUT2D eigenvalue weighted by molar-refractivity contribution is -0.139. The number of aliphatic carboxylic acids is 1. The lowest BCUT2D eigenvalue weighted by atomic mass is 10.2. The highest BCUT2D eigenvalue weighted by Crippen LogP contribution is 2.23. The van der Waals surface area contributed by atoms with Crippen LogP contribution in [0.25, 0.3) is 0 Å². The zero-order valence-corrected chi connectivity index (χ0v) is 11.2. The Morgan fingerprint density at radius 3 is 2.94 bits per heavy atom. The zero-order valence-electron chi connectivity index (χ0n) is 9.63. The van der Waals surface area contributed by atoms with Crippen LogP contribution in [0.3, 0.4) is 0 Å². The number of hydrogen-bond donors (Lipinski definition) is 2. The lowest BCUT2D eigenvalue weighted by Gasteiger charge is -2.14. The fourth-order valence-electron chi connectivity index (χ4n) is 1.63. The van der Waals surface area contributed by atoms with E-state index in [9.17, 15) is 9.90 Å². The Balaban J connectivity index is 2.11. The third-order valence-corrected chi connectivity index (χ3v) is 3.95. The maximum atomic E-state index is 11.3. The van der Waals surface area contributed by atoms with Crippen molar-refractivity contribution in [3.8, 4) is 0 Å². The average Bonchev–Trinajstić information content (AvgIpc) is 2.89. The highest BCUT2D eigenvalue weighted by atomic mass is 35.5. The lowest BCUT2D eigenvalue weighted by Crippen LogP contribution is -2.29. The second-order valence-electron chi connectivity index (χ2n) is 3.72. The number of aromatic nitrogens is 2. The predicted octanol–water partition coefficient (Wildman–Crippen LogP) is 2.05. The normalized spacial score (nSPS) is 12.6. The van der Waals surface area contributed by atoms with Crippen molar-refractivity contribution in [2.75, 3.05) is 0 Å². The largest absolute Gasteiger partial charge is 0.480 e. The molecule has 7 heteroatoms. The van der Waals surface area contributed by atoms with E-state index in [0.29, 0.717) is 17.3 Å². The van der Waals surface area contributed by atoms with E-state index in [1.54, 1.807) is 30.1 Å². The maximum Gasteiger partial charge on any atom is 0.326 e. The number of thiophene rings is 1. The number of nitrogens with one attached hydrogen (secondary N) is 1. The SMILES string of the molecule is Cn1nccc1C(NCc1sccc1Cl)C(=O)O. The van der Waals surface area contributed by atoms with Crippen LogP contribution in [-0.2, 0) is 18.4 Å². The summed E-state index contributed by atoms with van der Waals surface area (Å²) in [6.45, 7) is 0.415. The van der Waals surface area contributed by atoms with Gasteiger partial charge in [-0.2, -0.15) is 5.10 Å². The predicted molar refractivity (Wildman–Crippen MR) is 69.8 cm³/mol. The Kier molecular flexibility index (Phi) is 4.00. The molecule has 1 atom stereocenters. The number of carboxylic acid groups (broad SMARTS) is 1. The molecule has 0 fully saturated rings. The first-order valence-electron chi connectivity index (χ1n) is 5.25. The van der Waals surface area contributed by atoms with Gasteiger partial charge in [-0.25, -0.2) is 0 Å². The number of carbonyl (C=O) groups is 1. The number of nitrogens with zero attached hydrogens (tertiary/aromatic N) is 2. The van der Waals surface area contributed by atoms with Crippen molar-refractivity contribution in [2.45, 2.75) is 12.6 Å². The van der Waals surface area contributed by atoms with Gasteiger partial charge in [0.15, 0.2) is 0 Å². The summed E-state index contributed by atoms with van der Waals surface area (Å²) < 4.78 is 1.54. The van der Waals surface area contributed by atoms with Crippen molar-refractivity contribution in [3.63, 3.8) is 0 Å². The molecule has 96 valence electrons. The molecule has 0 bridgehead atoms. The number of carboxylic acids is 1. The van der Waals surface area contributed by atoms with Crippen LogP contribution in [0.2, 0.25) is 5.02 Å². The minimum absolute atomic E-state index is 0.415. The van der Waals surface area contributed by atoms with Gasteiger partial charge in [-0.15, -0.1) is 11.3 Å². The Bertz CT molecular complexity index is 552. The third-order valence-electron chi connectivity index (χ3n) is 2.56. The Morgan fingerprint density at radius 1 is 1.67 bits per heavy atom. The van der Waals surface area contributed by atoms with Gasteiger partial charge in [0.05, 0.1) is 10.7 Å². The van der Waals surface area contributed by atoms with Crippen molar-refractivity contribution in [2.24, 2.45) is 7.05 Å². The monoisotopic (exact) mass is 285 g/mol. The topological polar surface area (TPSA) is 67.2 Å². The molecule has 0 aliphatic rings. The van der Waals surface area contributed by atoms with Gasteiger partial charge in [-0.05, 0) is 17.5 Å². The molecule has 2 rings (SSSR count). The first kappa shape index (κ1) is 13.1. The smallest absolute Gasteiger partial charge is 0.326 e. The number of rotatable bonds is 5. The molecule has 0 saturated carbocycles. The third kappa shape index (κ3) is 2.72. The molecule has 2 aromatic heterocycles. The molecule has 2 N–H and O–H groups in total. The van der Waals surface area contributed by atoms with Gasteiger partial charge in [0.1, 0.15) is 6.04 Å². The highest BCUT2D eigenvalue weighted by Gasteiger charge is 2.22. The summed E-state index contributed by atoms with van der Waals surface area (Å²) in [5.74, 6) is -0.939. The summed E-state index contributed by atoms with van der Waals surface area (Å²) in [6.07, 6.45) is 1.57.